The normalized spacial score (nSPS) is 13.0. The summed E-state index contributed by atoms with van der Waals surface area (Å²) in [6.45, 7) is 9.28. The summed E-state index contributed by atoms with van der Waals surface area (Å²) in [6, 6.07) is 3.25. The molecule has 0 unspecified atom stereocenters. The lowest BCUT2D eigenvalue weighted by Crippen LogP contribution is -2.34. The molecule has 0 atom stereocenters. The van der Waals surface area contributed by atoms with Gasteiger partial charge in [0.15, 0.2) is 0 Å². The maximum absolute atomic E-state index is 12.4. The number of furan rings is 1. The van der Waals surface area contributed by atoms with Gasteiger partial charge in [-0.25, -0.2) is 8.42 Å². The fraction of sp³-hybridized carbons (Fsp3) is 0.733. The highest BCUT2D eigenvalue weighted by Gasteiger charge is 2.24. The number of rotatable bonds is 8. The first-order valence-electron chi connectivity index (χ1n) is 7.47. The zero-order valence-electron chi connectivity index (χ0n) is 13.8. The van der Waals surface area contributed by atoms with Gasteiger partial charge in [-0.3, -0.25) is 0 Å². The highest BCUT2D eigenvalue weighted by molar-refractivity contribution is 7.89. The number of unbranched alkanes of at least 4 members (excludes halogenated alkanes) is 2. The highest BCUT2D eigenvalue weighted by atomic mass is 32.2. The van der Waals surface area contributed by atoms with Crippen molar-refractivity contribution >= 4 is 10.0 Å². The second-order valence-electron chi connectivity index (χ2n) is 6.36. The van der Waals surface area contributed by atoms with Crippen LogP contribution >= 0.6 is 0 Å². The number of nitrogens with one attached hydrogen (secondary N) is 1. The van der Waals surface area contributed by atoms with Crippen molar-refractivity contribution in [2.75, 3.05) is 13.6 Å². The number of hydrogen-bond acceptors (Lipinski definition) is 4. The smallest absolute Gasteiger partial charge is 0.276 e. The van der Waals surface area contributed by atoms with Crippen molar-refractivity contribution in [1.82, 2.24) is 9.62 Å². The molecule has 1 rings (SSSR count). The lowest BCUT2D eigenvalue weighted by Gasteiger charge is -2.19. The van der Waals surface area contributed by atoms with Crippen LogP contribution in [-0.2, 0) is 16.6 Å². The van der Waals surface area contributed by atoms with E-state index in [9.17, 15) is 8.42 Å². The Balaban J connectivity index is 2.69. The monoisotopic (exact) mass is 316 g/mol. The molecule has 5 nitrogen and oxygen atoms in total. The third-order valence-corrected chi connectivity index (χ3v) is 4.90. The van der Waals surface area contributed by atoms with Crippen LogP contribution < -0.4 is 5.32 Å². The van der Waals surface area contributed by atoms with Crippen molar-refractivity contribution in [3.8, 4) is 0 Å². The van der Waals surface area contributed by atoms with Crippen molar-refractivity contribution in [1.29, 1.82) is 0 Å². The maximum atomic E-state index is 12.4. The summed E-state index contributed by atoms with van der Waals surface area (Å²) in [7, 11) is -1.92. The van der Waals surface area contributed by atoms with E-state index < -0.39 is 10.0 Å². The quantitative estimate of drug-likeness (QED) is 0.749. The minimum absolute atomic E-state index is 0.0206. The van der Waals surface area contributed by atoms with E-state index in [4.69, 9.17) is 4.42 Å². The predicted molar refractivity (Wildman–Crippen MR) is 84.6 cm³/mol. The molecule has 0 aliphatic carbocycles. The molecule has 1 heterocycles. The van der Waals surface area contributed by atoms with Gasteiger partial charge in [-0.1, -0.05) is 19.8 Å². The molecule has 122 valence electrons. The third-order valence-electron chi connectivity index (χ3n) is 3.17. The summed E-state index contributed by atoms with van der Waals surface area (Å²) in [4.78, 5) is 0. The van der Waals surface area contributed by atoms with Gasteiger partial charge >= 0.3 is 0 Å². The molecule has 21 heavy (non-hydrogen) atoms. The Morgan fingerprint density at radius 2 is 1.90 bits per heavy atom. The van der Waals surface area contributed by atoms with Gasteiger partial charge in [-0.2, -0.15) is 4.31 Å². The average molecular weight is 316 g/mol. The zero-order valence-corrected chi connectivity index (χ0v) is 14.6. The minimum Gasteiger partial charge on any atom is -0.447 e. The van der Waals surface area contributed by atoms with E-state index in [1.165, 1.54) is 10.4 Å². The summed E-state index contributed by atoms with van der Waals surface area (Å²) < 4.78 is 31.5. The van der Waals surface area contributed by atoms with Crippen molar-refractivity contribution < 1.29 is 12.8 Å². The summed E-state index contributed by atoms with van der Waals surface area (Å²) in [5.41, 5.74) is -0.0389. The van der Waals surface area contributed by atoms with Crippen LogP contribution in [0.2, 0.25) is 0 Å². The molecule has 0 fully saturated rings. The molecule has 0 aliphatic heterocycles. The van der Waals surface area contributed by atoms with Crippen LogP contribution in [0.3, 0.4) is 0 Å². The van der Waals surface area contributed by atoms with Gasteiger partial charge in [0, 0.05) is 19.1 Å². The van der Waals surface area contributed by atoms with Crippen LogP contribution in [0.4, 0.5) is 0 Å². The Morgan fingerprint density at radius 3 is 2.48 bits per heavy atom. The maximum Gasteiger partial charge on any atom is 0.276 e. The Bertz CT molecular complexity index is 529. The predicted octanol–water partition coefficient (Wildman–Crippen LogP) is 2.98. The first-order chi connectivity index (χ1) is 9.66. The molecule has 0 aromatic carbocycles. The van der Waals surface area contributed by atoms with E-state index >= 15 is 0 Å². The van der Waals surface area contributed by atoms with Crippen LogP contribution in [0.1, 0.15) is 52.7 Å². The van der Waals surface area contributed by atoms with E-state index in [2.05, 4.69) is 33.0 Å². The van der Waals surface area contributed by atoms with Crippen LogP contribution in [0.5, 0.6) is 0 Å². The Hall–Kier alpha value is -0.850. The van der Waals surface area contributed by atoms with Crippen LogP contribution in [0, 0.1) is 0 Å². The first kappa shape index (κ1) is 18.2. The molecular weight excluding hydrogens is 288 g/mol. The Labute approximate surface area is 128 Å². The van der Waals surface area contributed by atoms with Gasteiger partial charge in [0.2, 0.25) is 5.09 Å². The zero-order chi connectivity index (χ0) is 16.1. The lowest BCUT2D eigenvalue weighted by molar-refractivity contribution is 0.351. The van der Waals surface area contributed by atoms with Gasteiger partial charge in [0.1, 0.15) is 5.76 Å². The fourth-order valence-electron chi connectivity index (χ4n) is 1.80. The highest BCUT2D eigenvalue weighted by Crippen LogP contribution is 2.19. The lowest BCUT2D eigenvalue weighted by atomic mass is 10.1. The van der Waals surface area contributed by atoms with Gasteiger partial charge < -0.3 is 9.73 Å². The number of sulfonamides is 1. The fourth-order valence-corrected chi connectivity index (χ4v) is 2.93. The van der Waals surface area contributed by atoms with Crippen molar-refractivity contribution in [3.63, 3.8) is 0 Å². The van der Waals surface area contributed by atoms with E-state index in [1.807, 2.05) is 0 Å². The molecule has 0 spiro atoms. The van der Waals surface area contributed by atoms with E-state index in [0.29, 0.717) is 18.8 Å². The molecule has 0 amide bonds. The number of hydrogen-bond donors (Lipinski definition) is 1. The first-order valence-corrected chi connectivity index (χ1v) is 8.91. The molecular formula is C15H28N2O3S. The van der Waals surface area contributed by atoms with Crippen molar-refractivity contribution in [3.05, 3.63) is 17.9 Å². The summed E-state index contributed by atoms with van der Waals surface area (Å²) in [6.07, 6.45) is 2.96. The van der Waals surface area contributed by atoms with Gasteiger partial charge in [-0.15, -0.1) is 0 Å². The number of nitrogens with zero attached hydrogens (tertiary/aromatic N) is 1. The van der Waals surface area contributed by atoms with Crippen LogP contribution in [0.25, 0.3) is 0 Å². The van der Waals surface area contributed by atoms with Crippen LogP contribution in [-0.4, -0.2) is 31.9 Å². The molecule has 0 radical (unpaired) electrons. The summed E-state index contributed by atoms with van der Waals surface area (Å²) >= 11 is 0. The van der Waals surface area contributed by atoms with Gasteiger partial charge in [0.25, 0.3) is 10.0 Å². The molecule has 1 N–H and O–H groups in total. The molecule has 0 saturated carbocycles. The second-order valence-corrected chi connectivity index (χ2v) is 8.33. The molecule has 6 heteroatoms. The molecule has 0 saturated heterocycles. The molecule has 0 aliphatic rings. The van der Waals surface area contributed by atoms with Crippen LogP contribution in [0.15, 0.2) is 21.6 Å². The Kier molecular flexibility index (Phi) is 6.43. The van der Waals surface area contributed by atoms with E-state index in [1.54, 1.807) is 13.1 Å². The average Bonchev–Trinajstić information content (AvgIpc) is 2.85. The third kappa shape index (κ3) is 5.80. The topological polar surface area (TPSA) is 62.6 Å². The van der Waals surface area contributed by atoms with E-state index in [-0.39, 0.29) is 10.6 Å². The standard InChI is InChI=1S/C15H28N2O3S/c1-6-7-8-11-17(5)21(18,19)14-10-9-13(20-14)12-16-15(2,3)4/h9-10,16H,6-8,11-12H2,1-5H3. The van der Waals surface area contributed by atoms with Gasteiger partial charge in [-0.05, 0) is 39.3 Å². The Morgan fingerprint density at radius 1 is 1.24 bits per heavy atom. The molecule has 0 bridgehead atoms. The van der Waals surface area contributed by atoms with E-state index in [0.717, 1.165) is 19.3 Å². The SMILES string of the molecule is CCCCCN(C)S(=O)(=O)c1ccc(CNC(C)(C)C)o1. The van der Waals surface area contributed by atoms with Crippen molar-refractivity contribution in [2.24, 2.45) is 0 Å². The summed E-state index contributed by atoms with van der Waals surface area (Å²) in [5, 5.41) is 3.29. The van der Waals surface area contributed by atoms with Gasteiger partial charge in [0.05, 0.1) is 6.54 Å². The summed E-state index contributed by atoms with van der Waals surface area (Å²) in [5.74, 6) is 0.630. The molecule has 1 aromatic heterocycles. The largest absolute Gasteiger partial charge is 0.447 e. The minimum atomic E-state index is -3.51. The molecule has 1 aromatic rings. The second kappa shape index (κ2) is 7.42. The van der Waals surface area contributed by atoms with Crippen molar-refractivity contribution in [2.45, 2.75) is 64.1 Å².